The van der Waals surface area contributed by atoms with Crippen LogP contribution in [0.15, 0.2) is 18.5 Å². The van der Waals surface area contributed by atoms with E-state index in [0.717, 1.165) is 13.0 Å². The molecule has 0 bridgehead atoms. The molecular formula is C16H23N3O2. The summed E-state index contributed by atoms with van der Waals surface area (Å²) < 4.78 is 0. The van der Waals surface area contributed by atoms with Crippen molar-refractivity contribution in [1.29, 1.82) is 0 Å². The molecule has 5 heteroatoms. The number of hydrogen-bond donors (Lipinski definition) is 2. The number of carbonyl (C=O) groups is 1. The molecule has 114 valence electrons. The van der Waals surface area contributed by atoms with Crippen molar-refractivity contribution >= 4 is 5.91 Å². The monoisotopic (exact) mass is 289 g/mol. The SMILES string of the molecule is CCC(C)N(C)CCNC(=O)c1ccncc1C#CCO. The Kier molecular flexibility index (Phi) is 7.44. The van der Waals surface area contributed by atoms with E-state index in [1.54, 1.807) is 12.3 Å². The molecule has 0 aliphatic carbocycles. The summed E-state index contributed by atoms with van der Waals surface area (Å²) in [6.07, 6.45) is 4.17. The number of likely N-dealkylation sites (N-methyl/N-ethyl adjacent to an activating group) is 1. The lowest BCUT2D eigenvalue weighted by atomic mass is 10.1. The van der Waals surface area contributed by atoms with Gasteiger partial charge in [-0.15, -0.1) is 0 Å². The van der Waals surface area contributed by atoms with Crippen LogP contribution in [-0.4, -0.2) is 53.7 Å². The van der Waals surface area contributed by atoms with Crippen LogP contribution >= 0.6 is 0 Å². The molecule has 21 heavy (non-hydrogen) atoms. The fourth-order valence-electron chi connectivity index (χ4n) is 1.80. The predicted molar refractivity (Wildman–Crippen MR) is 82.9 cm³/mol. The first-order valence-electron chi connectivity index (χ1n) is 7.12. The molecule has 0 fully saturated rings. The van der Waals surface area contributed by atoms with Crippen LogP contribution in [0.1, 0.15) is 36.2 Å². The molecule has 1 aromatic heterocycles. The quantitative estimate of drug-likeness (QED) is 0.763. The third kappa shape index (κ3) is 5.54. The van der Waals surface area contributed by atoms with Crippen molar-refractivity contribution < 1.29 is 9.90 Å². The number of pyridine rings is 1. The van der Waals surface area contributed by atoms with Gasteiger partial charge in [0.1, 0.15) is 6.61 Å². The number of aliphatic hydroxyl groups is 1. The van der Waals surface area contributed by atoms with Gasteiger partial charge in [-0.25, -0.2) is 0 Å². The number of nitrogens with zero attached hydrogens (tertiary/aromatic N) is 2. The van der Waals surface area contributed by atoms with Crippen LogP contribution in [0.3, 0.4) is 0 Å². The smallest absolute Gasteiger partial charge is 0.252 e. The fraction of sp³-hybridized carbons (Fsp3) is 0.500. The maximum Gasteiger partial charge on any atom is 0.252 e. The lowest BCUT2D eigenvalue weighted by Gasteiger charge is -2.23. The maximum atomic E-state index is 12.2. The van der Waals surface area contributed by atoms with Crippen LogP contribution in [0.4, 0.5) is 0 Å². The zero-order valence-corrected chi connectivity index (χ0v) is 12.9. The molecule has 0 saturated carbocycles. The summed E-state index contributed by atoms with van der Waals surface area (Å²) in [5, 5.41) is 11.6. The molecule has 1 aromatic rings. The van der Waals surface area contributed by atoms with Gasteiger partial charge in [0.25, 0.3) is 5.91 Å². The number of nitrogens with one attached hydrogen (secondary N) is 1. The number of amides is 1. The largest absolute Gasteiger partial charge is 0.384 e. The molecule has 0 aliphatic heterocycles. The van der Waals surface area contributed by atoms with Gasteiger partial charge >= 0.3 is 0 Å². The third-order valence-corrected chi connectivity index (χ3v) is 3.46. The number of aliphatic hydroxyl groups excluding tert-OH is 1. The van der Waals surface area contributed by atoms with Crippen LogP contribution < -0.4 is 5.32 Å². The van der Waals surface area contributed by atoms with Crippen LogP contribution in [0, 0.1) is 11.8 Å². The average Bonchev–Trinajstić information content (AvgIpc) is 2.52. The Morgan fingerprint density at radius 2 is 2.33 bits per heavy atom. The lowest BCUT2D eigenvalue weighted by Crippen LogP contribution is -2.37. The Hall–Kier alpha value is -1.90. The van der Waals surface area contributed by atoms with Gasteiger partial charge in [0, 0.05) is 31.5 Å². The maximum absolute atomic E-state index is 12.2. The van der Waals surface area contributed by atoms with Crippen LogP contribution in [0.5, 0.6) is 0 Å². The topological polar surface area (TPSA) is 65.5 Å². The second-order valence-electron chi connectivity index (χ2n) is 4.87. The van der Waals surface area contributed by atoms with E-state index in [9.17, 15) is 4.79 Å². The van der Waals surface area contributed by atoms with Crippen molar-refractivity contribution in [1.82, 2.24) is 15.2 Å². The number of rotatable bonds is 6. The van der Waals surface area contributed by atoms with Gasteiger partial charge in [-0.3, -0.25) is 9.78 Å². The third-order valence-electron chi connectivity index (χ3n) is 3.46. The van der Waals surface area contributed by atoms with Crippen LogP contribution in [-0.2, 0) is 0 Å². The molecular weight excluding hydrogens is 266 g/mol. The van der Waals surface area contributed by atoms with Gasteiger partial charge in [-0.1, -0.05) is 18.8 Å². The Balaban J connectivity index is 2.60. The molecule has 1 rings (SSSR count). The summed E-state index contributed by atoms with van der Waals surface area (Å²) in [6.45, 7) is 5.43. The van der Waals surface area contributed by atoms with E-state index < -0.39 is 0 Å². The molecule has 0 aliphatic rings. The van der Waals surface area contributed by atoms with Crippen molar-refractivity contribution in [3.05, 3.63) is 29.6 Å². The van der Waals surface area contributed by atoms with Gasteiger partial charge in [0.2, 0.25) is 0 Å². The van der Waals surface area contributed by atoms with Crippen molar-refractivity contribution in [3.63, 3.8) is 0 Å². The Labute approximate surface area is 126 Å². The minimum Gasteiger partial charge on any atom is -0.384 e. The van der Waals surface area contributed by atoms with E-state index in [1.165, 1.54) is 6.20 Å². The summed E-state index contributed by atoms with van der Waals surface area (Å²) >= 11 is 0. The van der Waals surface area contributed by atoms with E-state index in [0.29, 0.717) is 23.7 Å². The molecule has 0 saturated heterocycles. The Morgan fingerprint density at radius 1 is 1.57 bits per heavy atom. The highest BCUT2D eigenvalue weighted by Crippen LogP contribution is 2.05. The molecule has 5 nitrogen and oxygen atoms in total. The van der Waals surface area contributed by atoms with E-state index in [2.05, 4.69) is 40.9 Å². The van der Waals surface area contributed by atoms with Gasteiger partial charge in [0.15, 0.2) is 0 Å². The zero-order valence-electron chi connectivity index (χ0n) is 12.9. The van der Waals surface area contributed by atoms with E-state index in [4.69, 9.17) is 5.11 Å². The van der Waals surface area contributed by atoms with Gasteiger partial charge in [-0.05, 0) is 26.5 Å². The van der Waals surface area contributed by atoms with Crippen molar-refractivity contribution in [2.75, 3.05) is 26.7 Å². The van der Waals surface area contributed by atoms with Crippen molar-refractivity contribution in [2.24, 2.45) is 0 Å². The zero-order chi connectivity index (χ0) is 15.7. The average molecular weight is 289 g/mol. The minimum absolute atomic E-state index is 0.169. The molecule has 2 N–H and O–H groups in total. The van der Waals surface area contributed by atoms with Crippen molar-refractivity contribution in [2.45, 2.75) is 26.3 Å². The van der Waals surface area contributed by atoms with Gasteiger partial charge in [-0.2, -0.15) is 0 Å². The Morgan fingerprint density at radius 3 is 3.00 bits per heavy atom. The fourth-order valence-corrected chi connectivity index (χ4v) is 1.80. The normalized spacial score (nSPS) is 11.7. The predicted octanol–water partition coefficient (Wildman–Crippen LogP) is 0.885. The minimum atomic E-state index is -0.240. The number of aromatic nitrogens is 1. The van der Waals surface area contributed by atoms with Crippen LogP contribution in [0.25, 0.3) is 0 Å². The second kappa shape index (κ2) is 9.11. The first-order chi connectivity index (χ1) is 10.1. The molecule has 0 spiro atoms. The standard InChI is InChI=1S/C16H23N3O2/c1-4-13(2)19(3)10-9-18-16(21)15-7-8-17-12-14(15)6-5-11-20/h7-8,12-13,20H,4,9-11H2,1-3H3,(H,18,21). The van der Waals surface area contributed by atoms with Crippen molar-refractivity contribution in [3.8, 4) is 11.8 Å². The van der Waals surface area contributed by atoms with Gasteiger partial charge in [0.05, 0.1) is 11.1 Å². The lowest BCUT2D eigenvalue weighted by molar-refractivity contribution is 0.0947. The summed E-state index contributed by atoms with van der Waals surface area (Å²) in [7, 11) is 2.05. The highest BCUT2D eigenvalue weighted by atomic mass is 16.2. The van der Waals surface area contributed by atoms with E-state index in [-0.39, 0.29) is 12.5 Å². The van der Waals surface area contributed by atoms with Gasteiger partial charge < -0.3 is 15.3 Å². The second-order valence-corrected chi connectivity index (χ2v) is 4.87. The number of carbonyl (C=O) groups excluding carboxylic acids is 1. The summed E-state index contributed by atoms with van der Waals surface area (Å²) in [4.78, 5) is 18.3. The highest BCUT2D eigenvalue weighted by molar-refractivity contribution is 5.96. The molecule has 1 amide bonds. The molecule has 1 heterocycles. The molecule has 0 aromatic carbocycles. The first kappa shape index (κ1) is 17.2. The Bertz CT molecular complexity index is 520. The summed E-state index contributed by atoms with van der Waals surface area (Å²) in [5.41, 5.74) is 1.01. The molecule has 1 atom stereocenters. The first-order valence-corrected chi connectivity index (χ1v) is 7.12. The van der Waals surface area contributed by atoms with Crippen LogP contribution in [0.2, 0.25) is 0 Å². The van der Waals surface area contributed by atoms with E-state index >= 15 is 0 Å². The van der Waals surface area contributed by atoms with E-state index in [1.807, 2.05) is 7.05 Å². The number of hydrogen-bond acceptors (Lipinski definition) is 4. The summed E-state index contributed by atoms with van der Waals surface area (Å²) in [6, 6.07) is 2.13. The summed E-state index contributed by atoms with van der Waals surface area (Å²) in [5.74, 6) is 5.10. The molecule has 0 radical (unpaired) electrons. The highest BCUT2D eigenvalue weighted by Gasteiger charge is 2.11. The molecule has 1 unspecified atom stereocenters.